The van der Waals surface area contributed by atoms with Gasteiger partial charge in [-0.1, -0.05) is 12.1 Å². The summed E-state index contributed by atoms with van der Waals surface area (Å²) in [4.78, 5) is 0.210. The number of H-pyrrole nitrogens is 1. The van der Waals surface area contributed by atoms with Crippen LogP contribution in [0.5, 0.6) is 0 Å². The molecule has 0 fully saturated rings. The molecule has 1 N–H and O–H groups in total. The molecular weight excluding hydrogens is 288 g/mol. The Balaban J connectivity index is 2.31. The second kappa shape index (κ2) is 5.68. The molecule has 0 saturated carbocycles. The molecule has 0 radical (unpaired) electrons. The predicted octanol–water partition coefficient (Wildman–Crippen LogP) is 1.72. The highest BCUT2D eigenvalue weighted by Gasteiger charge is 2.27. The lowest BCUT2D eigenvalue weighted by Crippen LogP contribution is -2.27. The van der Waals surface area contributed by atoms with Crippen LogP contribution < -0.4 is 0 Å². The molecule has 0 spiro atoms. The van der Waals surface area contributed by atoms with Gasteiger partial charge in [-0.05, 0) is 31.5 Å². The lowest BCUT2D eigenvalue weighted by atomic mass is 10.1. The zero-order chi connectivity index (χ0) is 15.6. The Morgan fingerprint density at radius 1 is 1.38 bits per heavy atom. The normalized spacial score (nSPS) is 11.6. The van der Waals surface area contributed by atoms with Gasteiger partial charge in [0, 0.05) is 13.6 Å². The quantitative estimate of drug-likeness (QED) is 0.931. The number of aryl methyl sites for hydroxylation is 2. The van der Waals surface area contributed by atoms with Crippen LogP contribution in [0.2, 0.25) is 0 Å². The van der Waals surface area contributed by atoms with Crippen molar-refractivity contribution >= 4 is 10.0 Å². The third-order valence-electron chi connectivity index (χ3n) is 3.19. The fourth-order valence-corrected chi connectivity index (χ4v) is 3.64. The van der Waals surface area contributed by atoms with Crippen LogP contribution in [0.4, 0.5) is 0 Å². The second-order valence-electron chi connectivity index (χ2n) is 4.84. The van der Waals surface area contributed by atoms with Gasteiger partial charge in [-0.25, -0.2) is 8.42 Å². The summed E-state index contributed by atoms with van der Waals surface area (Å²) >= 11 is 0. The molecule has 2 rings (SSSR count). The Kier molecular flexibility index (Phi) is 4.11. The van der Waals surface area contributed by atoms with Crippen molar-refractivity contribution in [2.45, 2.75) is 25.3 Å². The summed E-state index contributed by atoms with van der Waals surface area (Å²) in [7, 11) is -2.10. The van der Waals surface area contributed by atoms with E-state index in [9.17, 15) is 8.42 Å². The fraction of sp³-hybridized carbons (Fsp3) is 0.286. The van der Waals surface area contributed by atoms with E-state index in [1.807, 2.05) is 6.07 Å². The Hall–Kier alpha value is -2.17. The second-order valence-corrected chi connectivity index (χ2v) is 6.82. The Labute approximate surface area is 124 Å². The van der Waals surface area contributed by atoms with Gasteiger partial charge in [0.2, 0.25) is 10.0 Å². The van der Waals surface area contributed by atoms with Gasteiger partial charge >= 0.3 is 0 Å². The van der Waals surface area contributed by atoms with Gasteiger partial charge < -0.3 is 0 Å². The summed E-state index contributed by atoms with van der Waals surface area (Å²) in [5.41, 5.74) is 2.24. The van der Waals surface area contributed by atoms with Crippen LogP contribution in [0.15, 0.2) is 29.2 Å². The third-order valence-corrected chi connectivity index (χ3v) is 5.26. The molecular formula is C14H16N4O2S. The van der Waals surface area contributed by atoms with E-state index < -0.39 is 10.0 Å². The first-order chi connectivity index (χ1) is 9.86. The lowest BCUT2D eigenvalue weighted by Gasteiger charge is -2.17. The molecule has 6 nitrogen and oxygen atoms in total. The number of hydrogen-bond donors (Lipinski definition) is 1. The van der Waals surface area contributed by atoms with Crippen molar-refractivity contribution in [1.82, 2.24) is 14.5 Å². The first-order valence-electron chi connectivity index (χ1n) is 6.33. The average Bonchev–Trinajstić information content (AvgIpc) is 2.78. The SMILES string of the molecule is Cc1n[nH]c(C)c1S(=O)(=O)N(C)Cc1cccc(C#N)c1. The number of aromatic nitrogens is 2. The van der Waals surface area contributed by atoms with Crippen molar-refractivity contribution in [1.29, 1.82) is 5.26 Å². The molecule has 0 aliphatic carbocycles. The van der Waals surface area contributed by atoms with Crippen molar-refractivity contribution in [3.8, 4) is 6.07 Å². The van der Waals surface area contributed by atoms with Crippen molar-refractivity contribution in [2.75, 3.05) is 7.05 Å². The average molecular weight is 304 g/mol. The number of sulfonamides is 1. The number of nitrogens with zero attached hydrogens (tertiary/aromatic N) is 3. The Morgan fingerprint density at radius 2 is 2.10 bits per heavy atom. The number of benzene rings is 1. The van der Waals surface area contributed by atoms with Crippen LogP contribution in [-0.2, 0) is 16.6 Å². The van der Waals surface area contributed by atoms with E-state index in [1.165, 1.54) is 11.4 Å². The maximum atomic E-state index is 12.6. The molecule has 0 bridgehead atoms. The van der Waals surface area contributed by atoms with Gasteiger partial charge in [0.1, 0.15) is 4.90 Å². The Bertz CT molecular complexity index is 783. The predicted molar refractivity (Wildman–Crippen MR) is 77.9 cm³/mol. The molecule has 0 unspecified atom stereocenters. The summed E-state index contributed by atoms with van der Waals surface area (Å²) < 4.78 is 26.4. The fourth-order valence-electron chi connectivity index (χ4n) is 2.16. The van der Waals surface area contributed by atoms with E-state index >= 15 is 0 Å². The van der Waals surface area contributed by atoms with Crippen LogP contribution >= 0.6 is 0 Å². The van der Waals surface area contributed by atoms with Gasteiger partial charge in [-0.3, -0.25) is 5.10 Å². The van der Waals surface area contributed by atoms with E-state index in [0.29, 0.717) is 17.0 Å². The van der Waals surface area contributed by atoms with Crippen LogP contribution in [0.1, 0.15) is 22.5 Å². The van der Waals surface area contributed by atoms with Crippen LogP contribution in [0, 0.1) is 25.2 Å². The van der Waals surface area contributed by atoms with Crippen molar-refractivity contribution < 1.29 is 8.42 Å². The maximum absolute atomic E-state index is 12.6. The highest BCUT2D eigenvalue weighted by atomic mass is 32.2. The molecule has 0 saturated heterocycles. The monoisotopic (exact) mass is 304 g/mol. The molecule has 2 aromatic rings. The smallest absolute Gasteiger partial charge is 0.246 e. The molecule has 110 valence electrons. The number of nitriles is 1. The minimum Gasteiger partial charge on any atom is -0.281 e. The largest absolute Gasteiger partial charge is 0.281 e. The van der Waals surface area contributed by atoms with Crippen molar-refractivity contribution in [3.63, 3.8) is 0 Å². The number of hydrogen-bond acceptors (Lipinski definition) is 4. The number of rotatable bonds is 4. The van der Waals surface area contributed by atoms with Gasteiger partial charge in [-0.2, -0.15) is 14.7 Å². The first-order valence-corrected chi connectivity index (χ1v) is 7.77. The topological polar surface area (TPSA) is 89.8 Å². The molecule has 0 atom stereocenters. The lowest BCUT2D eigenvalue weighted by molar-refractivity contribution is 0.466. The molecule has 21 heavy (non-hydrogen) atoms. The molecule has 0 aliphatic heterocycles. The van der Waals surface area contributed by atoms with Crippen LogP contribution in [-0.4, -0.2) is 30.0 Å². The maximum Gasteiger partial charge on any atom is 0.246 e. The molecule has 0 aliphatic rings. The van der Waals surface area contributed by atoms with E-state index in [0.717, 1.165) is 5.56 Å². The van der Waals surface area contributed by atoms with E-state index in [1.54, 1.807) is 38.1 Å². The third kappa shape index (κ3) is 2.96. The van der Waals surface area contributed by atoms with Gasteiger partial charge in [0.25, 0.3) is 0 Å². The summed E-state index contributed by atoms with van der Waals surface area (Å²) in [6.07, 6.45) is 0. The number of aromatic amines is 1. The summed E-state index contributed by atoms with van der Waals surface area (Å²) in [5, 5.41) is 15.5. The first kappa shape index (κ1) is 15.2. The van der Waals surface area contributed by atoms with Crippen molar-refractivity contribution in [2.24, 2.45) is 0 Å². The van der Waals surface area contributed by atoms with Crippen molar-refractivity contribution in [3.05, 3.63) is 46.8 Å². The van der Waals surface area contributed by atoms with Crippen LogP contribution in [0.25, 0.3) is 0 Å². The Morgan fingerprint density at radius 3 is 2.67 bits per heavy atom. The van der Waals surface area contributed by atoms with E-state index in [2.05, 4.69) is 10.2 Å². The van der Waals surface area contributed by atoms with Crippen LogP contribution in [0.3, 0.4) is 0 Å². The minimum absolute atomic E-state index is 0.196. The van der Waals surface area contributed by atoms with Gasteiger partial charge in [-0.15, -0.1) is 0 Å². The molecule has 7 heteroatoms. The molecule has 1 aromatic heterocycles. The number of nitrogens with one attached hydrogen (secondary N) is 1. The molecule has 1 heterocycles. The van der Waals surface area contributed by atoms with Gasteiger partial charge in [0.15, 0.2) is 0 Å². The van der Waals surface area contributed by atoms with E-state index in [4.69, 9.17) is 5.26 Å². The van der Waals surface area contributed by atoms with Gasteiger partial charge in [0.05, 0.1) is 23.0 Å². The summed E-state index contributed by atoms with van der Waals surface area (Å²) in [6, 6.07) is 8.94. The molecule has 0 amide bonds. The summed E-state index contributed by atoms with van der Waals surface area (Å²) in [6.45, 7) is 3.53. The standard InChI is InChI=1S/C14H16N4O2S/c1-10-14(11(2)17-16-10)21(19,20)18(3)9-13-6-4-5-12(7-13)8-15/h4-7H,9H2,1-3H3,(H,16,17). The summed E-state index contributed by atoms with van der Waals surface area (Å²) in [5.74, 6) is 0. The highest BCUT2D eigenvalue weighted by Crippen LogP contribution is 2.22. The zero-order valence-corrected chi connectivity index (χ0v) is 12.9. The van der Waals surface area contributed by atoms with E-state index in [-0.39, 0.29) is 11.4 Å². The highest BCUT2D eigenvalue weighted by molar-refractivity contribution is 7.89. The zero-order valence-electron chi connectivity index (χ0n) is 12.1. The minimum atomic E-state index is -3.62. The molecule has 1 aromatic carbocycles.